The minimum absolute atomic E-state index is 0.300. The van der Waals surface area contributed by atoms with E-state index in [-0.39, 0.29) is 12.5 Å². The Hall–Kier alpha value is -1.69. The number of hydrogen-bond donors (Lipinski definition) is 1. The average molecular weight is 311 g/mol. The Morgan fingerprint density at radius 2 is 1.95 bits per heavy atom. The van der Waals surface area contributed by atoms with Gasteiger partial charge in [0.1, 0.15) is 12.3 Å². The van der Waals surface area contributed by atoms with E-state index in [2.05, 4.69) is 0 Å². The zero-order valence-electron chi connectivity index (χ0n) is 12.5. The van der Waals surface area contributed by atoms with E-state index in [4.69, 9.17) is 9.84 Å². The van der Waals surface area contributed by atoms with Crippen molar-refractivity contribution in [3.8, 4) is 5.75 Å². The van der Waals surface area contributed by atoms with E-state index in [9.17, 15) is 9.59 Å². The van der Waals surface area contributed by atoms with Gasteiger partial charge in [-0.25, -0.2) is 0 Å². The number of amides is 1. The molecule has 1 aromatic carbocycles. The lowest BCUT2D eigenvalue weighted by Gasteiger charge is -2.24. The van der Waals surface area contributed by atoms with Crippen LogP contribution in [0.2, 0.25) is 0 Å². The first kappa shape index (κ1) is 17.4. The second-order valence-corrected chi connectivity index (χ2v) is 5.47. The molecule has 5 nitrogen and oxygen atoms in total. The fourth-order valence-electron chi connectivity index (χ4n) is 1.87. The summed E-state index contributed by atoms with van der Waals surface area (Å²) in [5, 5.41) is 8.85. The summed E-state index contributed by atoms with van der Waals surface area (Å²) in [5.41, 5.74) is 0. The van der Waals surface area contributed by atoms with Crippen LogP contribution in [0.5, 0.6) is 5.75 Å². The van der Waals surface area contributed by atoms with Gasteiger partial charge in [-0.3, -0.25) is 9.59 Å². The number of carbonyl (C=O) groups is 2. The fourth-order valence-corrected chi connectivity index (χ4v) is 2.27. The third-order valence-corrected chi connectivity index (χ3v) is 3.59. The maximum absolute atomic E-state index is 12.2. The number of thioether (sulfide) groups is 1. The van der Waals surface area contributed by atoms with E-state index in [1.54, 1.807) is 30.8 Å². The summed E-state index contributed by atoms with van der Waals surface area (Å²) in [6, 6.07) is 7.43. The number of nitrogens with zero attached hydrogens (tertiary/aromatic N) is 1. The van der Waals surface area contributed by atoms with Crippen molar-refractivity contribution in [3.63, 3.8) is 0 Å². The largest absolute Gasteiger partial charge is 0.481 e. The molecule has 6 heteroatoms. The highest BCUT2D eigenvalue weighted by atomic mass is 32.2. The summed E-state index contributed by atoms with van der Waals surface area (Å²) in [4.78, 5) is 25.5. The molecule has 0 saturated carbocycles. The predicted octanol–water partition coefficient (Wildman–Crippen LogP) is 2.50. The van der Waals surface area contributed by atoms with Gasteiger partial charge in [0.15, 0.2) is 6.10 Å². The van der Waals surface area contributed by atoms with Crippen LogP contribution in [0.3, 0.4) is 0 Å². The Morgan fingerprint density at radius 3 is 2.43 bits per heavy atom. The molecular formula is C15H21NO4S. The van der Waals surface area contributed by atoms with Gasteiger partial charge in [0.05, 0.1) is 0 Å². The molecule has 1 amide bonds. The van der Waals surface area contributed by atoms with Crippen LogP contribution in [0, 0.1) is 0 Å². The van der Waals surface area contributed by atoms with Crippen molar-refractivity contribution >= 4 is 23.6 Å². The Kier molecular flexibility index (Phi) is 7.08. The summed E-state index contributed by atoms with van der Waals surface area (Å²) < 4.78 is 5.59. The Morgan fingerprint density at radius 1 is 1.33 bits per heavy atom. The summed E-state index contributed by atoms with van der Waals surface area (Å²) >= 11 is 1.63. The highest BCUT2D eigenvalue weighted by Gasteiger charge is 2.23. The molecule has 0 spiro atoms. The molecule has 21 heavy (non-hydrogen) atoms. The van der Waals surface area contributed by atoms with Crippen LogP contribution < -0.4 is 4.74 Å². The molecule has 1 unspecified atom stereocenters. The number of rotatable bonds is 8. The van der Waals surface area contributed by atoms with Gasteiger partial charge in [-0.2, -0.15) is 0 Å². The number of carboxylic acids is 1. The molecule has 1 N–H and O–H groups in total. The normalized spacial score (nSPS) is 11.8. The number of carbonyl (C=O) groups excluding carboxylic acids is 1. The van der Waals surface area contributed by atoms with Crippen LogP contribution in [0.1, 0.15) is 20.3 Å². The number of hydrogen-bond acceptors (Lipinski definition) is 4. The Bertz CT molecular complexity index is 475. The molecule has 0 bridgehead atoms. The van der Waals surface area contributed by atoms with Crippen molar-refractivity contribution in [2.75, 3.05) is 19.3 Å². The molecular weight excluding hydrogens is 290 g/mol. The van der Waals surface area contributed by atoms with Gasteiger partial charge in [-0.1, -0.05) is 6.92 Å². The van der Waals surface area contributed by atoms with Crippen molar-refractivity contribution in [2.45, 2.75) is 31.3 Å². The van der Waals surface area contributed by atoms with Crippen LogP contribution in [-0.4, -0.2) is 47.3 Å². The summed E-state index contributed by atoms with van der Waals surface area (Å²) in [6.45, 7) is 3.64. The first-order valence-electron chi connectivity index (χ1n) is 6.79. The van der Waals surface area contributed by atoms with Gasteiger partial charge in [0.2, 0.25) is 0 Å². The second-order valence-electron chi connectivity index (χ2n) is 4.59. The van der Waals surface area contributed by atoms with Gasteiger partial charge >= 0.3 is 5.97 Å². The van der Waals surface area contributed by atoms with Gasteiger partial charge in [0, 0.05) is 11.4 Å². The van der Waals surface area contributed by atoms with Gasteiger partial charge < -0.3 is 14.7 Å². The van der Waals surface area contributed by atoms with Crippen molar-refractivity contribution in [2.24, 2.45) is 0 Å². The second kappa shape index (κ2) is 8.56. The van der Waals surface area contributed by atoms with E-state index >= 15 is 0 Å². The molecule has 1 aromatic rings. The van der Waals surface area contributed by atoms with Crippen molar-refractivity contribution in [1.29, 1.82) is 0 Å². The molecule has 1 rings (SSSR count). The molecule has 0 fully saturated rings. The van der Waals surface area contributed by atoms with Crippen molar-refractivity contribution < 1.29 is 19.4 Å². The number of ether oxygens (including phenoxy) is 1. The molecule has 1 atom stereocenters. The lowest BCUT2D eigenvalue weighted by atomic mass is 10.3. The van der Waals surface area contributed by atoms with E-state index in [0.29, 0.717) is 18.7 Å². The van der Waals surface area contributed by atoms with Crippen LogP contribution in [0.25, 0.3) is 0 Å². The number of carboxylic acid groups (broad SMARTS) is 1. The average Bonchev–Trinajstić information content (AvgIpc) is 2.46. The van der Waals surface area contributed by atoms with E-state index in [0.717, 1.165) is 4.90 Å². The lowest BCUT2D eigenvalue weighted by Crippen LogP contribution is -2.43. The Balaban J connectivity index is 2.68. The minimum atomic E-state index is -1.02. The van der Waals surface area contributed by atoms with E-state index in [1.165, 1.54) is 4.90 Å². The Labute approximate surface area is 129 Å². The highest BCUT2D eigenvalue weighted by molar-refractivity contribution is 7.98. The zero-order chi connectivity index (χ0) is 15.8. The zero-order valence-corrected chi connectivity index (χ0v) is 13.4. The van der Waals surface area contributed by atoms with Gasteiger partial charge in [-0.15, -0.1) is 11.8 Å². The molecule has 116 valence electrons. The molecule has 0 heterocycles. The maximum Gasteiger partial charge on any atom is 0.323 e. The SMILES string of the molecule is CCCN(CC(=O)O)C(=O)C(C)Oc1ccc(SC)cc1. The summed E-state index contributed by atoms with van der Waals surface area (Å²) in [5.74, 6) is -0.734. The topological polar surface area (TPSA) is 66.8 Å². The van der Waals surface area contributed by atoms with Crippen LogP contribution in [0.4, 0.5) is 0 Å². The molecule has 0 saturated heterocycles. The van der Waals surface area contributed by atoms with Crippen LogP contribution in [0.15, 0.2) is 29.2 Å². The third kappa shape index (κ3) is 5.67. The predicted molar refractivity (Wildman–Crippen MR) is 82.8 cm³/mol. The first-order chi connectivity index (χ1) is 9.97. The monoisotopic (exact) mass is 311 g/mol. The van der Waals surface area contributed by atoms with Gasteiger partial charge in [0.25, 0.3) is 5.91 Å². The molecule has 0 radical (unpaired) electrons. The van der Waals surface area contributed by atoms with Crippen LogP contribution in [-0.2, 0) is 9.59 Å². The van der Waals surface area contributed by atoms with E-state index < -0.39 is 12.1 Å². The molecule has 0 aliphatic carbocycles. The quantitative estimate of drug-likeness (QED) is 0.747. The van der Waals surface area contributed by atoms with Crippen LogP contribution >= 0.6 is 11.8 Å². The molecule has 0 aliphatic rings. The summed E-state index contributed by atoms with van der Waals surface area (Å²) in [6.07, 6.45) is 1.97. The number of benzene rings is 1. The smallest absolute Gasteiger partial charge is 0.323 e. The molecule has 0 aliphatic heterocycles. The fraction of sp³-hybridized carbons (Fsp3) is 0.467. The first-order valence-corrected chi connectivity index (χ1v) is 8.01. The van der Waals surface area contributed by atoms with Gasteiger partial charge in [-0.05, 0) is 43.9 Å². The minimum Gasteiger partial charge on any atom is -0.481 e. The van der Waals surface area contributed by atoms with Crippen molar-refractivity contribution in [1.82, 2.24) is 4.90 Å². The summed E-state index contributed by atoms with van der Waals surface area (Å²) in [7, 11) is 0. The highest BCUT2D eigenvalue weighted by Crippen LogP contribution is 2.20. The maximum atomic E-state index is 12.2. The molecule has 0 aromatic heterocycles. The number of aliphatic carboxylic acids is 1. The lowest BCUT2D eigenvalue weighted by molar-refractivity contribution is -0.147. The van der Waals surface area contributed by atoms with Crippen molar-refractivity contribution in [3.05, 3.63) is 24.3 Å². The van der Waals surface area contributed by atoms with E-state index in [1.807, 2.05) is 25.3 Å². The third-order valence-electron chi connectivity index (χ3n) is 2.85. The standard InChI is InChI=1S/C15H21NO4S/c1-4-9-16(10-14(17)18)15(19)11(2)20-12-5-7-13(21-3)8-6-12/h5-8,11H,4,9-10H2,1-3H3,(H,17,18).